The molecule has 0 radical (unpaired) electrons. The van der Waals surface area contributed by atoms with Crippen LogP contribution in [0.15, 0.2) is 72.8 Å². The summed E-state index contributed by atoms with van der Waals surface area (Å²) in [7, 11) is 1.63. The minimum absolute atomic E-state index is 0.00716. The molecular formula is C22H20INO2. The number of carbonyl (C=O) groups excluding carboxylic acids is 1. The van der Waals surface area contributed by atoms with E-state index in [-0.39, 0.29) is 5.91 Å². The van der Waals surface area contributed by atoms with Crippen molar-refractivity contribution < 1.29 is 9.53 Å². The third kappa shape index (κ3) is 4.07. The molecule has 0 heterocycles. The zero-order valence-electron chi connectivity index (χ0n) is 14.8. The summed E-state index contributed by atoms with van der Waals surface area (Å²) in [4.78, 5) is 14.1. The van der Waals surface area contributed by atoms with E-state index in [1.807, 2.05) is 48.5 Å². The van der Waals surface area contributed by atoms with Crippen LogP contribution < -0.4 is 9.64 Å². The van der Waals surface area contributed by atoms with Crippen molar-refractivity contribution in [3.05, 3.63) is 81.9 Å². The van der Waals surface area contributed by atoms with Crippen molar-refractivity contribution in [3.63, 3.8) is 0 Å². The molecule has 0 spiro atoms. The van der Waals surface area contributed by atoms with E-state index in [1.165, 1.54) is 9.13 Å². The van der Waals surface area contributed by atoms with Gasteiger partial charge in [0.05, 0.1) is 13.7 Å². The molecule has 1 amide bonds. The number of hydrogen-bond acceptors (Lipinski definition) is 2. The Morgan fingerprint density at radius 1 is 0.923 bits per heavy atom. The molecule has 0 aliphatic rings. The fourth-order valence-corrected chi connectivity index (χ4v) is 3.60. The highest BCUT2D eigenvalue weighted by Crippen LogP contribution is 2.30. The molecule has 0 aromatic heterocycles. The van der Waals surface area contributed by atoms with Crippen LogP contribution >= 0.6 is 22.6 Å². The Balaban J connectivity index is 1.98. The molecular weight excluding hydrogens is 437 g/mol. The molecule has 0 N–H and O–H groups in total. The van der Waals surface area contributed by atoms with E-state index < -0.39 is 0 Å². The van der Waals surface area contributed by atoms with E-state index >= 15 is 0 Å². The lowest BCUT2D eigenvalue weighted by atomic mass is 9.99. The number of amides is 1. The molecule has 0 saturated heterocycles. The molecule has 3 nitrogen and oxygen atoms in total. The first-order chi connectivity index (χ1) is 12.6. The average molecular weight is 457 g/mol. The molecule has 0 bridgehead atoms. The minimum Gasteiger partial charge on any atom is -0.497 e. The van der Waals surface area contributed by atoms with Crippen molar-refractivity contribution in [2.75, 3.05) is 12.0 Å². The Kier molecular flexibility index (Phi) is 5.93. The Morgan fingerprint density at radius 2 is 1.54 bits per heavy atom. The van der Waals surface area contributed by atoms with E-state index in [4.69, 9.17) is 4.74 Å². The van der Waals surface area contributed by atoms with E-state index in [0.29, 0.717) is 6.54 Å². The molecule has 3 aromatic rings. The van der Waals surface area contributed by atoms with Crippen molar-refractivity contribution in [1.82, 2.24) is 0 Å². The summed E-state index contributed by atoms with van der Waals surface area (Å²) in [5, 5.41) is 0. The summed E-state index contributed by atoms with van der Waals surface area (Å²) in [6, 6.07) is 24.1. The summed E-state index contributed by atoms with van der Waals surface area (Å²) in [5.74, 6) is 0.782. The highest BCUT2D eigenvalue weighted by molar-refractivity contribution is 14.1. The predicted octanol–water partition coefficient (Wildman–Crippen LogP) is 5.52. The van der Waals surface area contributed by atoms with Gasteiger partial charge >= 0.3 is 0 Å². The number of methoxy groups -OCH3 is 1. The number of nitrogens with zero attached hydrogens (tertiary/aromatic N) is 1. The third-order valence-corrected chi connectivity index (χ3v) is 5.21. The van der Waals surface area contributed by atoms with Crippen LogP contribution in [0.25, 0.3) is 11.1 Å². The molecule has 3 aromatic carbocycles. The van der Waals surface area contributed by atoms with E-state index in [0.717, 1.165) is 22.6 Å². The molecule has 0 saturated carbocycles. The van der Waals surface area contributed by atoms with E-state index in [9.17, 15) is 4.79 Å². The van der Waals surface area contributed by atoms with Crippen LogP contribution in [-0.4, -0.2) is 13.0 Å². The number of rotatable bonds is 5. The lowest BCUT2D eigenvalue weighted by Crippen LogP contribution is -2.28. The van der Waals surface area contributed by atoms with E-state index in [2.05, 4.69) is 46.9 Å². The molecule has 0 unspecified atom stereocenters. The number of halogens is 1. The zero-order chi connectivity index (χ0) is 18.5. The standard InChI is InChI=1S/C22H20INO2/c1-16(25)24(18-11-13-19(26-2)14-12-18)15-17-7-3-4-8-20(17)21-9-5-6-10-22(21)23/h3-14H,15H2,1-2H3. The zero-order valence-corrected chi connectivity index (χ0v) is 16.9. The Bertz CT molecular complexity index is 906. The fourth-order valence-electron chi connectivity index (χ4n) is 2.92. The van der Waals surface area contributed by atoms with Gasteiger partial charge in [-0.25, -0.2) is 0 Å². The Labute approximate surface area is 167 Å². The van der Waals surface area contributed by atoms with Crippen LogP contribution in [0.4, 0.5) is 5.69 Å². The van der Waals surface area contributed by atoms with Gasteiger partial charge in [-0.15, -0.1) is 0 Å². The normalized spacial score (nSPS) is 10.4. The second-order valence-electron chi connectivity index (χ2n) is 5.94. The summed E-state index contributed by atoms with van der Waals surface area (Å²) >= 11 is 2.35. The van der Waals surface area contributed by atoms with Gasteiger partial charge in [-0.2, -0.15) is 0 Å². The van der Waals surface area contributed by atoms with Gasteiger partial charge < -0.3 is 9.64 Å². The van der Waals surface area contributed by atoms with Gasteiger partial charge in [-0.05, 0) is 69.6 Å². The van der Waals surface area contributed by atoms with Crippen LogP contribution in [-0.2, 0) is 11.3 Å². The largest absolute Gasteiger partial charge is 0.497 e. The third-order valence-electron chi connectivity index (χ3n) is 4.27. The van der Waals surface area contributed by atoms with Gasteiger partial charge in [0, 0.05) is 16.2 Å². The number of ether oxygens (including phenoxy) is 1. The molecule has 26 heavy (non-hydrogen) atoms. The second-order valence-corrected chi connectivity index (χ2v) is 7.10. The number of hydrogen-bond donors (Lipinski definition) is 0. The van der Waals surface area contributed by atoms with Crippen LogP contribution in [0.1, 0.15) is 12.5 Å². The molecule has 0 atom stereocenters. The van der Waals surface area contributed by atoms with Gasteiger partial charge in [0.1, 0.15) is 5.75 Å². The SMILES string of the molecule is COc1ccc(N(Cc2ccccc2-c2ccccc2I)C(C)=O)cc1. The highest BCUT2D eigenvalue weighted by Gasteiger charge is 2.15. The van der Waals surface area contributed by atoms with Crippen LogP contribution in [0.5, 0.6) is 5.75 Å². The van der Waals surface area contributed by atoms with Gasteiger partial charge in [0.2, 0.25) is 5.91 Å². The smallest absolute Gasteiger partial charge is 0.224 e. The predicted molar refractivity (Wildman–Crippen MR) is 114 cm³/mol. The molecule has 132 valence electrons. The summed E-state index contributed by atoms with van der Waals surface area (Å²) in [6.45, 7) is 2.11. The maximum atomic E-state index is 12.3. The quantitative estimate of drug-likeness (QED) is 0.473. The van der Waals surface area contributed by atoms with Crippen LogP contribution in [0.2, 0.25) is 0 Å². The summed E-state index contributed by atoms with van der Waals surface area (Å²) in [5.41, 5.74) is 4.30. The molecule has 3 rings (SSSR count). The lowest BCUT2D eigenvalue weighted by Gasteiger charge is -2.23. The van der Waals surface area contributed by atoms with Crippen molar-refractivity contribution in [2.24, 2.45) is 0 Å². The average Bonchev–Trinajstić information content (AvgIpc) is 2.67. The molecule has 0 aliphatic heterocycles. The Hall–Kier alpha value is -2.34. The van der Waals surface area contributed by atoms with Gasteiger partial charge in [0.25, 0.3) is 0 Å². The number of carbonyl (C=O) groups is 1. The first-order valence-electron chi connectivity index (χ1n) is 8.35. The van der Waals surface area contributed by atoms with Gasteiger partial charge in [-0.3, -0.25) is 4.79 Å². The van der Waals surface area contributed by atoms with E-state index in [1.54, 1.807) is 18.9 Å². The number of benzene rings is 3. The topological polar surface area (TPSA) is 29.5 Å². The summed E-state index contributed by atoms with van der Waals surface area (Å²) < 4.78 is 6.40. The number of anilines is 1. The van der Waals surface area contributed by atoms with Gasteiger partial charge in [-0.1, -0.05) is 42.5 Å². The maximum Gasteiger partial charge on any atom is 0.224 e. The van der Waals surface area contributed by atoms with Crippen molar-refractivity contribution in [2.45, 2.75) is 13.5 Å². The molecule has 0 aliphatic carbocycles. The van der Waals surface area contributed by atoms with Crippen LogP contribution in [0.3, 0.4) is 0 Å². The lowest BCUT2D eigenvalue weighted by molar-refractivity contribution is -0.116. The minimum atomic E-state index is 0.00716. The fraction of sp³-hybridized carbons (Fsp3) is 0.136. The van der Waals surface area contributed by atoms with Gasteiger partial charge in [0.15, 0.2) is 0 Å². The Morgan fingerprint density at radius 3 is 2.15 bits per heavy atom. The van der Waals surface area contributed by atoms with Crippen molar-refractivity contribution >= 4 is 34.2 Å². The first-order valence-corrected chi connectivity index (χ1v) is 9.43. The molecule has 0 fully saturated rings. The second kappa shape index (κ2) is 8.36. The summed E-state index contributed by atoms with van der Waals surface area (Å²) in [6.07, 6.45) is 0. The molecule has 4 heteroatoms. The van der Waals surface area contributed by atoms with Crippen molar-refractivity contribution in [3.8, 4) is 16.9 Å². The van der Waals surface area contributed by atoms with Crippen molar-refractivity contribution in [1.29, 1.82) is 0 Å². The monoisotopic (exact) mass is 457 g/mol. The van der Waals surface area contributed by atoms with Crippen LogP contribution in [0, 0.1) is 3.57 Å². The maximum absolute atomic E-state index is 12.3. The highest BCUT2D eigenvalue weighted by atomic mass is 127. The first kappa shape index (κ1) is 18.5.